The number of hydrogen-bond donors (Lipinski definition) is 0. The molecule has 3 aromatic rings. The van der Waals surface area contributed by atoms with Crippen molar-refractivity contribution >= 4 is 17.7 Å². The zero-order valence-corrected chi connectivity index (χ0v) is 16.5. The predicted octanol–water partition coefficient (Wildman–Crippen LogP) is 3.68. The van der Waals surface area contributed by atoms with Gasteiger partial charge in [0.25, 0.3) is 0 Å². The highest BCUT2D eigenvalue weighted by atomic mass is 32.2. The van der Waals surface area contributed by atoms with Crippen molar-refractivity contribution in [3.63, 3.8) is 0 Å². The average molecular weight is 382 g/mol. The lowest BCUT2D eigenvalue weighted by atomic mass is 10.1. The van der Waals surface area contributed by atoms with Crippen LogP contribution >= 0.6 is 11.8 Å². The second-order valence-electron chi connectivity index (χ2n) is 6.14. The summed E-state index contributed by atoms with van der Waals surface area (Å²) in [6.45, 7) is 4.17. The summed E-state index contributed by atoms with van der Waals surface area (Å²) in [4.78, 5) is 21.0. The largest absolute Gasteiger partial charge is 0.461 e. The van der Waals surface area contributed by atoms with E-state index in [1.165, 1.54) is 11.8 Å². The summed E-state index contributed by atoms with van der Waals surface area (Å²) in [6.07, 6.45) is 6.47. The first-order valence-electron chi connectivity index (χ1n) is 8.69. The Morgan fingerprint density at radius 1 is 1.15 bits per heavy atom. The maximum Gasteiger partial charge on any atom is 0.306 e. The van der Waals surface area contributed by atoms with Gasteiger partial charge < -0.3 is 4.74 Å². The van der Waals surface area contributed by atoms with Crippen molar-refractivity contribution in [1.82, 2.24) is 19.7 Å². The summed E-state index contributed by atoms with van der Waals surface area (Å²) in [5.41, 5.74) is 4.78. The Hall–Kier alpha value is -2.67. The van der Waals surface area contributed by atoms with Gasteiger partial charge in [-0.15, -0.1) is 0 Å². The van der Waals surface area contributed by atoms with Crippen molar-refractivity contribution in [2.45, 2.75) is 38.5 Å². The molecule has 0 aliphatic heterocycles. The molecule has 0 atom stereocenters. The minimum Gasteiger partial charge on any atom is -0.461 e. The molecular formula is C20H22N4O2S. The maximum absolute atomic E-state index is 12.1. The molecule has 6 nitrogen and oxygen atoms in total. The summed E-state index contributed by atoms with van der Waals surface area (Å²) >= 11 is 1.52. The topological polar surface area (TPSA) is 69.9 Å². The molecule has 2 heterocycles. The molecule has 0 saturated heterocycles. The standard InChI is InChI=1S/C20H22N4O2S/c1-14-18(15(2)23-20(22-14)27-3)9-10-19(25)26-13-16-5-7-17(8-6-16)24-12-4-11-21-24/h4-8,11-12H,9-10,13H2,1-3H3. The lowest BCUT2D eigenvalue weighted by Crippen LogP contribution is -2.09. The molecule has 0 bridgehead atoms. The number of aromatic nitrogens is 4. The SMILES string of the molecule is CSc1nc(C)c(CCC(=O)OCc2ccc(-n3cccn3)cc2)c(C)n1. The van der Waals surface area contributed by atoms with Gasteiger partial charge in [0.05, 0.1) is 5.69 Å². The van der Waals surface area contributed by atoms with E-state index in [1.54, 1.807) is 10.9 Å². The fourth-order valence-electron chi connectivity index (χ4n) is 2.79. The van der Waals surface area contributed by atoms with E-state index < -0.39 is 0 Å². The number of benzene rings is 1. The number of ether oxygens (including phenoxy) is 1. The van der Waals surface area contributed by atoms with Crippen LogP contribution in [0.1, 0.15) is 28.9 Å². The van der Waals surface area contributed by atoms with Crippen LogP contribution in [-0.4, -0.2) is 32.0 Å². The molecule has 0 unspecified atom stereocenters. The normalized spacial score (nSPS) is 10.8. The highest BCUT2D eigenvalue weighted by Crippen LogP contribution is 2.17. The number of thioether (sulfide) groups is 1. The van der Waals surface area contributed by atoms with E-state index in [4.69, 9.17) is 4.74 Å². The van der Waals surface area contributed by atoms with E-state index in [0.717, 1.165) is 33.4 Å². The van der Waals surface area contributed by atoms with Crippen LogP contribution in [0, 0.1) is 13.8 Å². The van der Waals surface area contributed by atoms with Crippen molar-refractivity contribution < 1.29 is 9.53 Å². The van der Waals surface area contributed by atoms with E-state index >= 15 is 0 Å². The molecule has 0 amide bonds. The average Bonchev–Trinajstić information content (AvgIpc) is 3.20. The van der Waals surface area contributed by atoms with E-state index in [1.807, 2.05) is 56.6 Å². The number of rotatable bonds is 7. The quantitative estimate of drug-likeness (QED) is 0.353. The molecule has 0 radical (unpaired) electrons. The fourth-order valence-corrected chi connectivity index (χ4v) is 3.25. The molecule has 0 aliphatic rings. The summed E-state index contributed by atoms with van der Waals surface area (Å²) in [5.74, 6) is -0.223. The van der Waals surface area contributed by atoms with Crippen LogP contribution in [0.3, 0.4) is 0 Å². The number of nitrogens with zero attached hydrogens (tertiary/aromatic N) is 4. The van der Waals surface area contributed by atoms with Gasteiger partial charge in [0.15, 0.2) is 5.16 Å². The van der Waals surface area contributed by atoms with Crippen LogP contribution in [0.2, 0.25) is 0 Å². The number of carbonyl (C=O) groups excluding carboxylic acids is 1. The van der Waals surface area contributed by atoms with E-state index in [9.17, 15) is 4.79 Å². The number of aryl methyl sites for hydroxylation is 2. The zero-order chi connectivity index (χ0) is 19.2. The molecule has 0 saturated carbocycles. The van der Waals surface area contributed by atoms with Crippen LogP contribution in [0.5, 0.6) is 0 Å². The molecule has 27 heavy (non-hydrogen) atoms. The smallest absolute Gasteiger partial charge is 0.306 e. The third kappa shape index (κ3) is 4.95. The molecule has 0 N–H and O–H groups in total. The Kier molecular flexibility index (Phi) is 6.24. The van der Waals surface area contributed by atoms with Crippen molar-refractivity contribution in [2.75, 3.05) is 6.26 Å². The Morgan fingerprint density at radius 2 is 1.85 bits per heavy atom. The number of hydrogen-bond acceptors (Lipinski definition) is 6. The Labute approximate surface area is 163 Å². The van der Waals surface area contributed by atoms with Gasteiger partial charge in [-0.2, -0.15) is 5.10 Å². The molecule has 0 aliphatic carbocycles. The lowest BCUT2D eigenvalue weighted by Gasteiger charge is -2.10. The second kappa shape index (κ2) is 8.81. The van der Waals surface area contributed by atoms with Crippen molar-refractivity contribution in [1.29, 1.82) is 0 Å². The Bertz CT molecular complexity index is 885. The molecule has 0 fully saturated rings. The van der Waals surface area contributed by atoms with Crippen LogP contribution < -0.4 is 0 Å². The van der Waals surface area contributed by atoms with Gasteiger partial charge in [-0.3, -0.25) is 4.79 Å². The van der Waals surface area contributed by atoms with E-state index in [-0.39, 0.29) is 12.6 Å². The Morgan fingerprint density at radius 3 is 2.44 bits per heavy atom. The second-order valence-corrected chi connectivity index (χ2v) is 6.91. The lowest BCUT2D eigenvalue weighted by molar-refractivity contribution is -0.144. The molecule has 7 heteroatoms. The van der Waals surface area contributed by atoms with Crippen LogP contribution in [0.15, 0.2) is 47.9 Å². The number of esters is 1. The first-order chi connectivity index (χ1) is 13.1. The highest BCUT2D eigenvalue weighted by Gasteiger charge is 2.11. The van der Waals surface area contributed by atoms with Crippen molar-refractivity contribution in [2.24, 2.45) is 0 Å². The minimum absolute atomic E-state index is 0.223. The zero-order valence-electron chi connectivity index (χ0n) is 15.7. The molecule has 3 rings (SSSR count). The Balaban J connectivity index is 1.51. The van der Waals surface area contributed by atoms with Gasteiger partial charge in [-0.25, -0.2) is 14.6 Å². The van der Waals surface area contributed by atoms with Crippen LogP contribution in [0.4, 0.5) is 0 Å². The summed E-state index contributed by atoms with van der Waals surface area (Å²) < 4.78 is 7.18. The van der Waals surface area contributed by atoms with E-state index in [0.29, 0.717) is 12.8 Å². The minimum atomic E-state index is -0.223. The summed E-state index contributed by atoms with van der Waals surface area (Å²) in [6, 6.07) is 9.65. The van der Waals surface area contributed by atoms with Crippen LogP contribution in [0.25, 0.3) is 5.69 Å². The molecule has 140 valence electrons. The molecule has 2 aromatic heterocycles. The van der Waals surface area contributed by atoms with Crippen molar-refractivity contribution in [3.05, 3.63) is 65.2 Å². The predicted molar refractivity (Wildman–Crippen MR) is 105 cm³/mol. The molecule has 1 aromatic carbocycles. The third-order valence-corrected chi connectivity index (χ3v) is 4.81. The van der Waals surface area contributed by atoms with Crippen molar-refractivity contribution in [3.8, 4) is 5.69 Å². The molecular weight excluding hydrogens is 360 g/mol. The number of carbonyl (C=O) groups is 1. The first kappa shape index (κ1) is 19.1. The van der Waals surface area contributed by atoms with Gasteiger partial charge in [0.1, 0.15) is 6.61 Å². The first-order valence-corrected chi connectivity index (χ1v) is 9.92. The van der Waals surface area contributed by atoms with E-state index in [2.05, 4.69) is 15.1 Å². The molecule has 0 spiro atoms. The fraction of sp³-hybridized carbons (Fsp3) is 0.300. The summed E-state index contributed by atoms with van der Waals surface area (Å²) in [7, 11) is 0. The highest BCUT2D eigenvalue weighted by molar-refractivity contribution is 7.98. The maximum atomic E-state index is 12.1. The van der Waals surface area contributed by atoms with Gasteiger partial charge >= 0.3 is 5.97 Å². The van der Waals surface area contributed by atoms with Gasteiger partial charge in [0.2, 0.25) is 0 Å². The van der Waals surface area contributed by atoms with Crippen LogP contribution in [-0.2, 0) is 22.6 Å². The van der Waals surface area contributed by atoms with Gasteiger partial charge in [-0.05, 0) is 55.9 Å². The summed E-state index contributed by atoms with van der Waals surface area (Å²) in [5, 5.41) is 4.95. The monoisotopic (exact) mass is 382 g/mol. The third-order valence-electron chi connectivity index (χ3n) is 4.27. The van der Waals surface area contributed by atoms with Gasteiger partial charge in [0, 0.05) is 30.2 Å². The van der Waals surface area contributed by atoms with Gasteiger partial charge in [-0.1, -0.05) is 23.9 Å².